The van der Waals surface area contributed by atoms with E-state index in [2.05, 4.69) is 4.98 Å². The van der Waals surface area contributed by atoms with Crippen molar-refractivity contribution in [2.45, 2.75) is 19.9 Å². The lowest BCUT2D eigenvalue weighted by atomic mass is 10.1. The third kappa shape index (κ3) is 2.24. The molecule has 1 heterocycles. The monoisotopic (exact) mass is 288 g/mol. The van der Waals surface area contributed by atoms with Crippen LogP contribution < -0.4 is 0 Å². The van der Waals surface area contributed by atoms with E-state index in [1.807, 2.05) is 6.92 Å². The molecule has 3 rings (SSSR count). The molecule has 3 nitrogen and oxygen atoms in total. The van der Waals surface area contributed by atoms with Crippen LogP contribution >= 0.6 is 0 Å². The minimum absolute atomic E-state index is 0.0440. The summed E-state index contributed by atoms with van der Waals surface area (Å²) >= 11 is 0. The normalized spacial score (nSPS) is 11.2. The minimum Gasteiger partial charge on any atom is -0.507 e. The Kier molecular flexibility index (Phi) is 3.33. The predicted molar refractivity (Wildman–Crippen MR) is 77.0 cm³/mol. The summed E-state index contributed by atoms with van der Waals surface area (Å²) in [4.78, 5) is 4.31. The van der Waals surface area contributed by atoms with E-state index in [0.717, 1.165) is 11.9 Å². The standard InChI is InChI=1S/C16H14F2N2O/c1-2-8-20-13-7-6-10(17)9-12(13)19-16(20)15-11(18)4-3-5-14(15)21/h3-7,9,21H,2,8H2,1H3. The molecule has 1 aromatic heterocycles. The molecule has 0 bridgehead atoms. The lowest BCUT2D eigenvalue weighted by Crippen LogP contribution is -2.01. The summed E-state index contributed by atoms with van der Waals surface area (Å²) in [6.45, 7) is 2.59. The number of imidazole rings is 1. The van der Waals surface area contributed by atoms with E-state index >= 15 is 0 Å². The topological polar surface area (TPSA) is 38.0 Å². The van der Waals surface area contributed by atoms with E-state index in [1.165, 1.54) is 30.3 Å². The molecule has 1 N–H and O–H groups in total. The van der Waals surface area contributed by atoms with E-state index in [-0.39, 0.29) is 11.3 Å². The highest BCUT2D eigenvalue weighted by molar-refractivity contribution is 5.82. The molecule has 3 aromatic rings. The Bertz CT molecular complexity index is 791. The van der Waals surface area contributed by atoms with Gasteiger partial charge in [-0.15, -0.1) is 0 Å². The van der Waals surface area contributed by atoms with Crippen LogP contribution in [0.15, 0.2) is 36.4 Å². The maximum absolute atomic E-state index is 14.1. The quantitative estimate of drug-likeness (QED) is 0.788. The first-order chi connectivity index (χ1) is 10.1. The van der Waals surface area contributed by atoms with Crippen LogP contribution in [-0.2, 0) is 6.54 Å². The van der Waals surface area contributed by atoms with Crippen molar-refractivity contribution in [1.82, 2.24) is 9.55 Å². The van der Waals surface area contributed by atoms with Crippen molar-refractivity contribution < 1.29 is 13.9 Å². The lowest BCUT2D eigenvalue weighted by Gasteiger charge is -2.09. The summed E-state index contributed by atoms with van der Waals surface area (Å²) in [5.74, 6) is -0.813. The minimum atomic E-state index is -0.553. The second-order valence-corrected chi connectivity index (χ2v) is 4.85. The smallest absolute Gasteiger partial charge is 0.147 e. The van der Waals surface area contributed by atoms with Crippen LogP contribution in [0, 0.1) is 11.6 Å². The number of hydrogen-bond donors (Lipinski definition) is 1. The lowest BCUT2D eigenvalue weighted by molar-refractivity contribution is 0.470. The number of aryl methyl sites for hydroxylation is 1. The highest BCUT2D eigenvalue weighted by Gasteiger charge is 2.19. The Morgan fingerprint density at radius 1 is 1.19 bits per heavy atom. The number of phenols is 1. The number of hydrogen-bond acceptors (Lipinski definition) is 2. The van der Waals surface area contributed by atoms with Crippen LogP contribution in [-0.4, -0.2) is 14.7 Å². The van der Waals surface area contributed by atoms with Gasteiger partial charge in [0.2, 0.25) is 0 Å². The molecule has 5 heteroatoms. The summed E-state index contributed by atoms with van der Waals surface area (Å²) in [6, 6.07) is 8.39. The average molecular weight is 288 g/mol. The van der Waals surface area contributed by atoms with E-state index < -0.39 is 11.6 Å². The molecule has 0 aliphatic carbocycles. The fourth-order valence-electron chi connectivity index (χ4n) is 2.48. The maximum Gasteiger partial charge on any atom is 0.147 e. The molecule has 0 amide bonds. The van der Waals surface area contributed by atoms with E-state index in [1.54, 1.807) is 10.6 Å². The molecule has 0 saturated carbocycles. The Labute approximate surface area is 120 Å². The number of phenolic OH excluding ortho intramolecular Hbond substituents is 1. The summed E-state index contributed by atoms with van der Waals surface area (Å²) in [5, 5.41) is 9.95. The molecule has 0 radical (unpaired) electrons. The van der Waals surface area contributed by atoms with E-state index in [9.17, 15) is 13.9 Å². The summed E-state index contributed by atoms with van der Waals surface area (Å²) in [6.07, 6.45) is 0.811. The first kappa shape index (κ1) is 13.5. The first-order valence-corrected chi connectivity index (χ1v) is 6.75. The zero-order valence-electron chi connectivity index (χ0n) is 11.5. The van der Waals surface area contributed by atoms with Crippen LogP contribution in [0.1, 0.15) is 13.3 Å². The van der Waals surface area contributed by atoms with Crippen molar-refractivity contribution in [2.24, 2.45) is 0 Å². The SMILES string of the molecule is CCCn1c(-c2c(O)cccc2F)nc2cc(F)ccc21. The second-order valence-electron chi connectivity index (χ2n) is 4.85. The molecule has 0 atom stereocenters. The molecule has 108 valence electrons. The van der Waals surface area contributed by atoms with Gasteiger partial charge in [0.25, 0.3) is 0 Å². The van der Waals surface area contributed by atoms with E-state index in [0.29, 0.717) is 17.9 Å². The Hall–Kier alpha value is -2.43. The van der Waals surface area contributed by atoms with Gasteiger partial charge in [0.15, 0.2) is 0 Å². The molecule has 21 heavy (non-hydrogen) atoms. The molecule has 0 saturated heterocycles. The zero-order chi connectivity index (χ0) is 15.0. The van der Waals surface area contributed by atoms with Crippen LogP contribution in [0.4, 0.5) is 8.78 Å². The highest BCUT2D eigenvalue weighted by atomic mass is 19.1. The van der Waals surface area contributed by atoms with Gasteiger partial charge in [0.1, 0.15) is 23.2 Å². The number of rotatable bonds is 3. The Morgan fingerprint density at radius 2 is 2.00 bits per heavy atom. The van der Waals surface area contributed by atoms with Crippen molar-refractivity contribution in [3.63, 3.8) is 0 Å². The predicted octanol–water partition coefficient (Wildman–Crippen LogP) is 4.10. The largest absolute Gasteiger partial charge is 0.507 e. The molecule has 0 spiro atoms. The molecule has 0 aliphatic heterocycles. The molecule has 0 aliphatic rings. The molecular formula is C16H14F2N2O. The Balaban J connectivity index is 2.33. The van der Waals surface area contributed by atoms with Gasteiger partial charge in [-0.1, -0.05) is 13.0 Å². The van der Waals surface area contributed by atoms with E-state index in [4.69, 9.17) is 0 Å². The second kappa shape index (κ2) is 5.16. The number of aromatic nitrogens is 2. The maximum atomic E-state index is 14.1. The van der Waals surface area contributed by atoms with Crippen molar-refractivity contribution >= 4 is 11.0 Å². The third-order valence-corrected chi connectivity index (χ3v) is 3.37. The number of nitrogens with zero attached hydrogens (tertiary/aromatic N) is 2. The van der Waals surface area contributed by atoms with Gasteiger partial charge in [-0.3, -0.25) is 0 Å². The van der Waals surface area contributed by atoms with Gasteiger partial charge < -0.3 is 9.67 Å². The summed E-state index contributed by atoms with van der Waals surface area (Å²) in [5.41, 5.74) is 1.21. The third-order valence-electron chi connectivity index (χ3n) is 3.37. The fourth-order valence-corrected chi connectivity index (χ4v) is 2.48. The van der Waals surface area contributed by atoms with Gasteiger partial charge in [-0.25, -0.2) is 13.8 Å². The van der Waals surface area contributed by atoms with Gasteiger partial charge in [-0.05, 0) is 30.7 Å². The molecule has 0 fully saturated rings. The van der Waals surface area contributed by atoms with Crippen molar-refractivity contribution in [3.8, 4) is 17.1 Å². The number of halogens is 2. The number of aromatic hydroxyl groups is 1. The summed E-state index contributed by atoms with van der Waals surface area (Å²) in [7, 11) is 0. The summed E-state index contributed by atoms with van der Waals surface area (Å²) < 4.78 is 29.2. The molecule has 2 aromatic carbocycles. The fraction of sp³-hybridized carbons (Fsp3) is 0.188. The highest BCUT2D eigenvalue weighted by Crippen LogP contribution is 2.33. The van der Waals surface area contributed by atoms with Gasteiger partial charge in [0, 0.05) is 12.6 Å². The van der Waals surface area contributed by atoms with Crippen LogP contribution in [0.2, 0.25) is 0 Å². The van der Waals surface area contributed by atoms with Crippen LogP contribution in [0.5, 0.6) is 5.75 Å². The van der Waals surface area contributed by atoms with Gasteiger partial charge in [-0.2, -0.15) is 0 Å². The van der Waals surface area contributed by atoms with Crippen molar-refractivity contribution in [3.05, 3.63) is 48.0 Å². The number of benzene rings is 2. The van der Waals surface area contributed by atoms with Crippen molar-refractivity contribution in [1.29, 1.82) is 0 Å². The van der Waals surface area contributed by atoms with Gasteiger partial charge >= 0.3 is 0 Å². The van der Waals surface area contributed by atoms with Gasteiger partial charge in [0.05, 0.1) is 16.6 Å². The molecule has 0 unspecified atom stereocenters. The average Bonchev–Trinajstić information content (AvgIpc) is 2.77. The van der Waals surface area contributed by atoms with Crippen LogP contribution in [0.3, 0.4) is 0 Å². The first-order valence-electron chi connectivity index (χ1n) is 6.75. The van der Waals surface area contributed by atoms with Crippen molar-refractivity contribution in [2.75, 3.05) is 0 Å². The van der Waals surface area contributed by atoms with Crippen LogP contribution in [0.25, 0.3) is 22.4 Å². The number of fused-ring (bicyclic) bond motifs is 1. The zero-order valence-corrected chi connectivity index (χ0v) is 11.5. The Morgan fingerprint density at radius 3 is 2.71 bits per heavy atom. The molecular weight excluding hydrogens is 274 g/mol.